The van der Waals surface area contributed by atoms with Gasteiger partial charge in [0.25, 0.3) is 0 Å². The largest absolute Gasteiger partial charge is 0.465 e. The molecule has 0 aliphatic heterocycles. The average molecular weight is 285 g/mol. The molecule has 0 bridgehead atoms. The van der Waals surface area contributed by atoms with Crippen LogP contribution in [-0.2, 0) is 9.53 Å². The molecule has 0 aliphatic carbocycles. The minimum Gasteiger partial charge on any atom is -0.465 e. The fourth-order valence-electron chi connectivity index (χ4n) is 1.40. The van der Waals surface area contributed by atoms with E-state index in [0.717, 1.165) is 5.56 Å². The number of halogens is 1. The summed E-state index contributed by atoms with van der Waals surface area (Å²) >= 11 is 3.34. The van der Waals surface area contributed by atoms with E-state index in [2.05, 4.69) is 29.8 Å². The molecule has 0 aromatic heterocycles. The van der Waals surface area contributed by atoms with Crippen LogP contribution in [0.15, 0.2) is 24.3 Å². The molecule has 0 unspecified atom stereocenters. The molecular formula is C13H17BrO2. The molecule has 3 heteroatoms. The van der Waals surface area contributed by atoms with Crippen LogP contribution in [0.1, 0.15) is 42.6 Å². The van der Waals surface area contributed by atoms with Crippen LogP contribution in [-0.4, -0.2) is 12.6 Å². The zero-order valence-electron chi connectivity index (χ0n) is 9.87. The van der Waals surface area contributed by atoms with Gasteiger partial charge in [0, 0.05) is 0 Å². The molecule has 1 rings (SSSR count). The Balaban J connectivity index is 2.77. The molecule has 0 amide bonds. The highest BCUT2D eigenvalue weighted by Gasteiger charge is 2.18. The van der Waals surface area contributed by atoms with Crippen LogP contribution in [0.5, 0.6) is 0 Å². The van der Waals surface area contributed by atoms with Crippen molar-refractivity contribution in [2.45, 2.75) is 31.5 Å². The molecule has 0 heterocycles. The Morgan fingerprint density at radius 1 is 1.25 bits per heavy atom. The Morgan fingerprint density at radius 3 is 2.19 bits per heavy atom. The van der Waals surface area contributed by atoms with Gasteiger partial charge in [-0.1, -0.05) is 54.0 Å². The van der Waals surface area contributed by atoms with Gasteiger partial charge in [-0.25, -0.2) is 0 Å². The molecule has 0 saturated heterocycles. The van der Waals surface area contributed by atoms with E-state index in [0.29, 0.717) is 12.5 Å². The van der Waals surface area contributed by atoms with Crippen molar-refractivity contribution in [2.24, 2.45) is 0 Å². The first-order chi connectivity index (χ1) is 7.56. The Labute approximate surface area is 105 Å². The van der Waals surface area contributed by atoms with Gasteiger partial charge in [0.15, 0.2) is 0 Å². The maximum Gasteiger partial charge on any atom is 0.324 e. The smallest absolute Gasteiger partial charge is 0.324 e. The fourth-order valence-corrected chi connectivity index (χ4v) is 1.84. The fraction of sp³-hybridized carbons (Fsp3) is 0.462. The zero-order valence-corrected chi connectivity index (χ0v) is 11.5. The normalized spacial score (nSPS) is 12.6. The molecule has 1 aromatic carbocycles. The number of ether oxygens (including phenoxy) is 1. The standard InChI is InChI=1S/C13H17BrO2/c1-4-16-13(15)12(14)11-7-5-10(6-8-11)9(2)3/h5-9,12H,4H2,1-3H3/t12-/m1/s1. The van der Waals surface area contributed by atoms with Crippen LogP contribution in [0.4, 0.5) is 0 Å². The van der Waals surface area contributed by atoms with E-state index >= 15 is 0 Å². The van der Waals surface area contributed by atoms with Gasteiger partial charge in [-0.15, -0.1) is 0 Å². The third-order valence-corrected chi connectivity index (χ3v) is 3.29. The van der Waals surface area contributed by atoms with E-state index < -0.39 is 0 Å². The number of hydrogen-bond donors (Lipinski definition) is 0. The molecule has 1 atom stereocenters. The van der Waals surface area contributed by atoms with Gasteiger partial charge in [-0.3, -0.25) is 4.79 Å². The monoisotopic (exact) mass is 284 g/mol. The van der Waals surface area contributed by atoms with E-state index in [1.54, 1.807) is 6.92 Å². The molecule has 0 N–H and O–H groups in total. The molecule has 0 radical (unpaired) electrons. The summed E-state index contributed by atoms with van der Waals surface area (Å²) in [6, 6.07) is 8.03. The van der Waals surface area contributed by atoms with Gasteiger partial charge in [-0.2, -0.15) is 0 Å². The summed E-state index contributed by atoms with van der Waals surface area (Å²) in [5.41, 5.74) is 2.20. The Kier molecular flexibility index (Phi) is 5.00. The lowest BCUT2D eigenvalue weighted by Gasteiger charge is -2.11. The van der Waals surface area contributed by atoms with Crippen LogP contribution in [0.2, 0.25) is 0 Å². The lowest BCUT2D eigenvalue weighted by atomic mass is 10.0. The van der Waals surface area contributed by atoms with E-state index in [-0.39, 0.29) is 10.8 Å². The molecule has 0 aliphatic rings. The lowest BCUT2D eigenvalue weighted by Crippen LogP contribution is -2.10. The van der Waals surface area contributed by atoms with Crippen molar-refractivity contribution in [3.05, 3.63) is 35.4 Å². The molecule has 1 aromatic rings. The van der Waals surface area contributed by atoms with E-state index in [1.165, 1.54) is 5.56 Å². The maximum absolute atomic E-state index is 11.5. The summed E-state index contributed by atoms with van der Waals surface area (Å²) in [6.07, 6.45) is 0. The van der Waals surface area contributed by atoms with Crippen molar-refractivity contribution < 1.29 is 9.53 Å². The van der Waals surface area contributed by atoms with Crippen molar-refractivity contribution in [1.82, 2.24) is 0 Å². The Bertz CT molecular complexity index is 343. The van der Waals surface area contributed by atoms with Gasteiger partial charge in [0.2, 0.25) is 0 Å². The second-order valence-electron chi connectivity index (χ2n) is 3.94. The third kappa shape index (κ3) is 3.34. The maximum atomic E-state index is 11.5. The highest BCUT2D eigenvalue weighted by Crippen LogP contribution is 2.25. The summed E-state index contributed by atoms with van der Waals surface area (Å²) in [6.45, 7) is 6.50. The quantitative estimate of drug-likeness (QED) is 0.621. The summed E-state index contributed by atoms with van der Waals surface area (Å²) in [7, 11) is 0. The molecule has 2 nitrogen and oxygen atoms in total. The molecule has 0 spiro atoms. The van der Waals surface area contributed by atoms with E-state index in [9.17, 15) is 4.79 Å². The first-order valence-corrected chi connectivity index (χ1v) is 6.38. The first-order valence-electron chi connectivity index (χ1n) is 5.46. The van der Waals surface area contributed by atoms with Gasteiger partial charge in [-0.05, 0) is 24.0 Å². The van der Waals surface area contributed by atoms with Crippen LogP contribution in [0.25, 0.3) is 0 Å². The Morgan fingerprint density at radius 2 is 1.75 bits per heavy atom. The second-order valence-corrected chi connectivity index (χ2v) is 4.85. The Hall–Kier alpha value is -0.830. The van der Waals surface area contributed by atoms with Crippen LogP contribution in [0.3, 0.4) is 0 Å². The van der Waals surface area contributed by atoms with E-state index in [4.69, 9.17) is 4.74 Å². The summed E-state index contributed by atoms with van der Waals surface area (Å²) in [5.74, 6) is 0.269. The van der Waals surface area contributed by atoms with Gasteiger partial charge < -0.3 is 4.74 Å². The van der Waals surface area contributed by atoms with Crippen molar-refractivity contribution in [3.63, 3.8) is 0 Å². The van der Waals surface area contributed by atoms with Gasteiger partial charge in [0.1, 0.15) is 4.83 Å². The second kappa shape index (κ2) is 6.04. The lowest BCUT2D eigenvalue weighted by molar-refractivity contribution is -0.142. The number of carbonyl (C=O) groups is 1. The number of hydrogen-bond acceptors (Lipinski definition) is 2. The van der Waals surface area contributed by atoms with Crippen LogP contribution < -0.4 is 0 Å². The van der Waals surface area contributed by atoms with Crippen molar-refractivity contribution in [3.8, 4) is 0 Å². The highest BCUT2D eigenvalue weighted by molar-refractivity contribution is 9.09. The van der Waals surface area contributed by atoms with Gasteiger partial charge in [0.05, 0.1) is 6.61 Å². The van der Waals surface area contributed by atoms with Crippen molar-refractivity contribution in [2.75, 3.05) is 6.61 Å². The third-order valence-electron chi connectivity index (χ3n) is 2.39. The van der Waals surface area contributed by atoms with Crippen molar-refractivity contribution in [1.29, 1.82) is 0 Å². The summed E-state index contributed by atoms with van der Waals surface area (Å²) in [5, 5.41) is 0. The predicted molar refractivity (Wildman–Crippen MR) is 68.8 cm³/mol. The van der Waals surface area contributed by atoms with Crippen LogP contribution >= 0.6 is 15.9 Å². The summed E-state index contributed by atoms with van der Waals surface area (Å²) in [4.78, 5) is 11.1. The van der Waals surface area contributed by atoms with Crippen molar-refractivity contribution >= 4 is 21.9 Å². The minimum atomic E-state index is -0.367. The SMILES string of the molecule is CCOC(=O)[C@H](Br)c1ccc(C(C)C)cc1. The topological polar surface area (TPSA) is 26.3 Å². The molecular weight excluding hydrogens is 268 g/mol. The number of rotatable bonds is 4. The average Bonchev–Trinajstić information content (AvgIpc) is 2.28. The predicted octanol–water partition coefficient (Wildman–Crippen LogP) is 3.81. The minimum absolute atomic E-state index is 0.236. The molecule has 0 saturated carbocycles. The molecule has 0 fully saturated rings. The highest BCUT2D eigenvalue weighted by atomic mass is 79.9. The number of alkyl halides is 1. The zero-order chi connectivity index (χ0) is 12.1. The number of carbonyl (C=O) groups excluding carboxylic acids is 1. The molecule has 16 heavy (non-hydrogen) atoms. The van der Waals surface area contributed by atoms with E-state index in [1.807, 2.05) is 24.3 Å². The van der Waals surface area contributed by atoms with Crippen LogP contribution in [0, 0.1) is 0 Å². The first kappa shape index (κ1) is 13.2. The number of esters is 1. The molecule has 88 valence electrons. The van der Waals surface area contributed by atoms with Gasteiger partial charge >= 0.3 is 5.97 Å². The number of benzene rings is 1. The summed E-state index contributed by atoms with van der Waals surface area (Å²) < 4.78 is 4.95.